The van der Waals surface area contributed by atoms with E-state index in [1.54, 1.807) is 18.6 Å². The smallest absolute Gasteiger partial charge is 0.178 e. The summed E-state index contributed by atoms with van der Waals surface area (Å²) in [5, 5.41) is 0. The second-order valence-electron chi connectivity index (χ2n) is 3.27. The maximum Gasteiger partial charge on any atom is 0.178 e. The third kappa shape index (κ3) is 2.30. The topological polar surface area (TPSA) is 38.7 Å². The van der Waals surface area contributed by atoms with Crippen LogP contribution < -0.4 is 0 Å². The fraction of sp³-hybridized carbons (Fsp3) is 0.182. The van der Waals surface area contributed by atoms with Gasteiger partial charge in [0, 0.05) is 24.2 Å². The monoisotopic (exact) mass is 219 g/mol. The summed E-state index contributed by atoms with van der Waals surface area (Å²) in [5.74, 6) is 1.06. The fourth-order valence-electron chi connectivity index (χ4n) is 1.21. The highest BCUT2D eigenvalue weighted by molar-refractivity contribution is 6.17. The van der Waals surface area contributed by atoms with Crippen LogP contribution in [0, 0.1) is 6.92 Å². The van der Waals surface area contributed by atoms with Crippen LogP contribution in [-0.2, 0) is 5.88 Å². The van der Waals surface area contributed by atoms with Crippen molar-refractivity contribution in [2.75, 3.05) is 0 Å². The van der Waals surface area contributed by atoms with E-state index in [4.69, 9.17) is 11.6 Å². The Hall–Kier alpha value is -1.48. The van der Waals surface area contributed by atoms with Crippen LogP contribution in [0.4, 0.5) is 0 Å². The molecular weight excluding hydrogens is 210 g/mol. The fourth-order valence-corrected chi connectivity index (χ4v) is 1.35. The Kier molecular flexibility index (Phi) is 2.92. The molecule has 0 radical (unpaired) electrons. The number of halogens is 1. The number of aromatic nitrogens is 3. The number of pyridine rings is 1. The molecule has 0 unspecified atom stereocenters. The number of alkyl halides is 1. The van der Waals surface area contributed by atoms with E-state index < -0.39 is 0 Å². The van der Waals surface area contributed by atoms with Gasteiger partial charge in [-0.15, -0.1) is 11.6 Å². The summed E-state index contributed by atoms with van der Waals surface area (Å²) in [6.07, 6.45) is 5.20. The molecule has 0 aliphatic carbocycles. The number of hydrogen-bond acceptors (Lipinski definition) is 3. The molecule has 2 heterocycles. The van der Waals surface area contributed by atoms with Crippen LogP contribution in [-0.4, -0.2) is 15.0 Å². The van der Waals surface area contributed by atoms with Gasteiger partial charge in [0.2, 0.25) is 0 Å². The lowest BCUT2D eigenvalue weighted by atomic mass is 10.2. The van der Waals surface area contributed by atoms with Crippen LogP contribution in [0.3, 0.4) is 0 Å². The lowest BCUT2D eigenvalue weighted by molar-refractivity contribution is 1.10. The van der Waals surface area contributed by atoms with E-state index in [0.29, 0.717) is 11.7 Å². The molecule has 0 aliphatic rings. The molecule has 0 atom stereocenters. The molecule has 2 rings (SSSR count). The Morgan fingerprint density at radius 3 is 2.53 bits per heavy atom. The summed E-state index contributed by atoms with van der Waals surface area (Å²) in [6, 6.07) is 3.90. The zero-order valence-corrected chi connectivity index (χ0v) is 9.07. The van der Waals surface area contributed by atoms with Crippen molar-refractivity contribution in [3.05, 3.63) is 41.9 Å². The molecule has 0 aliphatic heterocycles. The first kappa shape index (κ1) is 10.1. The van der Waals surface area contributed by atoms with Gasteiger partial charge in [0.25, 0.3) is 0 Å². The Bertz CT molecular complexity index is 454. The average molecular weight is 220 g/mol. The number of nitrogens with zero attached hydrogens (tertiary/aromatic N) is 3. The maximum absolute atomic E-state index is 5.65. The largest absolute Gasteiger partial charge is 0.253 e. The second kappa shape index (κ2) is 4.36. The second-order valence-corrected chi connectivity index (χ2v) is 3.53. The molecule has 0 aromatic carbocycles. The van der Waals surface area contributed by atoms with Crippen LogP contribution in [0.15, 0.2) is 30.7 Å². The third-order valence-electron chi connectivity index (χ3n) is 2.00. The van der Waals surface area contributed by atoms with E-state index in [-0.39, 0.29) is 0 Å². The van der Waals surface area contributed by atoms with E-state index in [2.05, 4.69) is 15.0 Å². The first-order chi connectivity index (χ1) is 7.29. The van der Waals surface area contributed by atoms with Gasteiger partial charge in [-0.25, -0.2) is 9.97 Å². The first-order valence-electron chi connectivity index (χ1n) is 4.59. The summed E-state index contributed by atoms with van der Waals surface area (Å²) in [5.41, 5.74) is 2.84. The Morgan fingerprint density at radius 1 is 1.20 bits per heavy atom. The molecule has 3 nitrogen and oxygen atoms in total. The zero-order chi connectivity index (χ0) is 10.7. The summed E-state index contributed by atoms with van der Waals surface area (Å²) in [7, 11) is 0. The SMILES string of the molecule is Cc1ccnc(-c2ncc(CCl)cn2)c1. The lowest BCUT2D eigenvalue weighted by Crippen LogP contribution is -1.93. The predicted molar refractivity (Wildman–Crippen MR) is 59.6 cm³/mol. The first-order valence-corrected chi connectivity index (χ1v) is 5.13. The van der Waals surface area contributed by atoms with E-state index in [9.17, 15) is 0 Å². The Balaban J connectivity index is 2.37. The molecule has 0 spiro atoms. The highest BCUT2D eigenvalue weighted by Crippen LogP contribution is 2.12. The van der Waals surface area contributed by atoms with Gasteiger partial charge in [-0.05, 0) is 24.6 Å². The van der Waals surface area contributed by atoms with Crippen molar-refractivity contribution < 1.29 is 0 Å². The standard InChI is InChI=1S/C11H10ClN3/c1-8-2-3-13-10(4-8)11-14-6-9(5-12)7-15-11/h2-4,6-7H,5H2,1H3. The van der Waals surface area contributed by atoms with Crippen molar-refractivity contribution in [3.8, 4) is 11.5 Å². The molecule has 0 saturated heterocycles. The van der Waals surface area contributed by atoms with Gasteiger partial charge in [0.05, 0.1) is 5.88 Å². The van der Waals surface area contributed by atoms with E-state index >= 15 is 0 Å². The predicted octanol–water partition coefficient (Wildman–Crippen LogP) is 2.59. The zero-order valence-electron chi connectivity index (χ0n) is 8.31. The van der Waals surface area contributed by atoms with Crippen LogP contribution in [0.2, 0.25) is 0 Å². The van der Waals surface area contributed by atoms with E-state index in [1.165, 1.54) is 0 Å². The minimum atomic E-state index is 0.432. The maximum atomic E-state index is 5.65. The van der Waals surface area contributed by atoms with Gasteiger partial charge >= 0.3 is 0 Å². The van der Waals surface area contributed by atoms with Crippen molar-refractivity contribution >= 4 is 11.6 Å². The highest BCUT2D eigenvalue weighted by Gasteiger charge is 2.02. The van der Waals surface area contributed by atoms with Gasteiger partial charge in [-0.2, -0.15) is 0 Å². The average Bonchev–Trinajstić information content (AvgIpc) is 2.29. The van der Waals surface area contributed by atoms with Crippen molar-refractivity contribution in [2.45, 2.75) is 12.8 Å². The molecular formula is C11H10ClN3. The van der Waals surface area contributed by atoms with Crippen molar-refractivity contribution in [3.63, 3.8) is 0 Å². The molecule has 15 heavy (non-hydrogen) atoms. The van der Waals surface area contributed by atoms with Crippen molar-refractivity contribution in [1.82, 2.24) is 15.0 Å². The van der Waals surface area contributed by atoms with Crippen molar-refractivity contribution in [1.29, 1.82) is 0 Å². The van der Waals surface area contributed by atoms with Crippen LogP contribution in [0.1, 0.15) is 11.1 Å². The summed E-state index contributed by atoms with van der Waals surface area (Å²) >= 11 is 5.65. The molecule has 76 valence electrons. The highest BCUT2D eigenvalue weighted by atomic mass is 35.5. The molecule has 0 amide bonds. The van der Waals surface area contributed by atoms with Gasteiger partial charge in [0.15, 0.2) is 5.82 Å². The summed E-state index contributed by atoms with van der Waals surface area (Å²) in [4.78, 5) is 12.6. The molecule has 0 fully saturated rings. The van der Waals surface area contributed by atoms with Gasteiger partial charge in [0.1, 0.15) is 5.69 Å². The lowest BCUT2D eigenvalue weighted by Gasteiger charge is -2.00. The molecule has 0 N–H and O–H groups in total. The summed E-state index contributed by atoms with van der Waals surface area (Å²) < 4.78 is 0. The molecule has 2 aromatic heterocycles. The van der Waals surface area contributed by atoms with Crippen molar-refractivity contribution in [2.24, 2.45) is 0 Å². The van der Waals surface area contributed by atoms with Crippen LogP contribution in [0.5, 0.6) is 0 Å². The Morgan fingerprint density at radius 2 is 1.93 bits per heavy atom. The van der Waals surface area contributed by atoms with Crippen LogP contribution >= 0.6 is 11.6 Å². The molecule has 4 heteroatoms. The summed E-state index contributed by atoms with van der Waals surface area (Å²) in [6.45, 7) is 2.01. The van der Waals surface area contributed by atoms with E-state index in [0.717, 1.165) is 16.8 Å². The van der Waals surface area contributed by atoms with E-state index in [1.807, 2.05) is 19.1 Å². The molecule has 0 saturated carbocycles. The normalized spacial score (nSPS) is 10.3. The minimum Gasteiger partial charge on any atom is -0.253 e. The third-order valence-corrected chi connectivity index (χ3v) is 2.31. The van der Waals surface area contributed by atoms with Crippen LogP contribution in [0.25, 0.3) is 11.5 Å². The van der Waals surface area contributed by atoms with Gasteiger partial charge < -0.3 is 0 Å². The van der Waals surface area contributed by atoms with Gasteiger partial charge in [-0.1, -0.05) is 0 Å². The molecule has 0 bridgehead atoms. The molecule has 2 aromatic rings. The quantitative estimate of drug-likeness (QED) is 0.729. The Labute approximate surface area is 93.2 Å². The number of rotatable bonds is 2. The number of aryl methyl sites for hydroxylation is 1. The minimum absolute atomic E-state index is 0.432. The number of hydrogen-bond donors (Lipinski definition) is 0. The van der Waals surface area contributed by atoms with Gasteiger partial charge in [-0.3, -0.25) is 4.98 Å².